The van der Waals surface area contributed by atoms with E-state index in [1.165, 1.54) is 13.8 Å². The number of anilines is 1. The zero-order valence-electron chi connectivity index (χ0n) is 20.0. The molecule has 8 nitrogen and oxygen atoms in total. The normalized spacial score (nSPS) is 16.1. The fourth-order valence-electron chi connectivity index (χ4n) is 4.29. The maximum atomic E-state index is 14.8. The first-order valence-corrected chi connectivity index (χ1v) is 11.4. The molecule has 3 aromatic rings. The Morgan fingerprint density at radius 1 is 1.13 bits per heavy atom. The monoisotopic (exact) mass is 546 g/mol. The topological polar surface area (TPSA) is 104 Å². The van der Waals surface area contributed by atoms with Crippen molar-refractivity contribution in [3.8, 4) is 0 Å². The van der Waals surface area contributed by atoms with Gasteiger partial charge in [-0.05, 0) is 38.8 Å². The number of piperidine rings is 1. The van der Waals surface area contributed by atoms with E-state index in [0.717, 1.165) is 17.2 Å². The SMILES string of the molecule is Cc1nc2cc(C(F)(F)F)c([C@H](C)Nc3ncc(C(=O)N4CCC(C(F)(F)F)CC4)cc3F)nc2c(=O)[nH]1. The number of aromatic amines is 1. The lowest BCUT2D eigenvalue weighted by atomic mass is 9.96. The molecule has 1 amide bonds. The number of carbonyl (C=O) groups is 1. The molecule has 4 rings (SSSR count). The van der Waals surface area contributed by atoms with E-state index >= 15 is 0 Å². The highest BCUT2D eigenvalue weighted by Gasteiger charge is 2.42. The summed E-state index contributed by atoms with van der Waals surface area (Å²) in [6.07, 6.45) is -8.80. The molecule has 0 radical (unpaired) electrons. The third kappa shape index (κ3) is 5.55. The number of likely N-dealkylation sites (tertiary alicyclic amines) is 1. The van der Waals surface area contributed by atoms with Gasteiger partial charge in [0.2, 0.25) is 0 Å². The number of rotatable bonds is 4. The molecule has 4 heterocycles. The zero-order valence-corrected chi connectivity index (χ0v) is 20.0. The molecule has 1 aliphatic heterocycles. The van der Waals surface area contributed by atoms with Crippen LogP contribution in [0.1, 0.15) is 53.2 Å². The molecular weight excluding hydrogens is 525 g/mol. The van der Waals surface area contributed by atoms with E-state index in [0.29, 0.717) is 6.07 Å². The lowest BCUT2D eigenvalue weighted by Gasteiger charge is -2.32. The highest BCUT2D eigenvalue weighted by molar-refractivity contribution is 5.94. The molecule has 1 saturated heterocycles. The Labute approximate surface area is 210 Å². The highest BCUT2D eigenvalue weighted by Crippen LogP contribution is 2.36. The third-order valence-electron chi connectivity index (χ3n) is 6.23. The molecular formula is C23H21F7N6O2. The molecule has 0 saturated carbocycles. The van der Waals surface area contributed by atoms with Gasteiger partial charge in [-0.3, -0.25) is 9.59 Å². The van der Waals surface area contributed by atoms with Gasteiger partial charge >= 0.3 is 12.4 Å². The predicted molar refractivity (Wildman–Crippen MR) is 121 cm³/mol. The number of fused-ring (bicyclic) bond motifs is 1. The quantitative estimate of drug-likeness (QED) is 0.457. The molecule has 1 aliphatic rings. The van der Waals surface area contributed by atoms with Crippen LogP contribution in [0.15, 0.2) is 23.1 Å². The van der Waals surface area contributed by atoms with E-state index < -0.39 is 58.7 Å². The Morgan fingerprint density at radius 2 is 1.79 bits per heavy atom. The second-order valence-corrected chi connectivity index (χ2v) is 8.97. The van der Waals surface area contributed by atoms with Crippen molar-refractivity contribution in [3.05, 3.63) is 57.1 Å². The van der Waals surface area contributed by atoms with E-state index in [-0.39, 0.29) is 48.4 Å². The van der Waals surface area contributed by atoms with Crippen LogP contribution in [0.5, 0.6) is 0 Å². The second-order valence-electron chi connectivity index (χ2n) is 8.97. The molecule has 1 atom stereocenters. The zero-order chi connectivity index (χ0) is 28.0. The number of aromatic nitrogens is 4. The summed E-state index contributed by atoms with van der Waals surface area (Å²) in [5, 5.41) is 2.47. The van der Waals surface area contributed by atoms with E-state index in [9.17, 15) is 40.3 Å². The van der Waals surface area contributed by atoms with Crippen LogP contribution in [-0.2, 0) is 6.18 Å². The molecule has 0 unspecified atom stereocenters. The summed E-state index contributed by atoms with van der Waals surface area (Å²) < 4.78 is 94.8. The summed E-state index contributed by atoms with van der Waals surface area (Å²) in [4.78, 5) is 39.9. The summed E-state index contributed by atoms with van der Waals surface area (Å²) in [6.45, 7) is 2.33. The Kier molecular flexibility index (Phi) is 7.05. The Balaban J connectivity index is 1.57. The molecule has 204 valence electrons. The average Bonchev–Trinajstić information content (AvgIpc) is 2.83. The molecule has 3 aromatic heterocycles. The number of nitrogens with zero attached hydrogens (tertiary/aromatic N) is 4. The maximum absolute atomic E-state index is 14.8. The van der Waals surface area contributed by atoms with Crippen LogP contribution in [0.3, 0.4) is 0 Å². The Hall–Kier alpha value is -3.78. The van der Waals surface area contributed by atoms with Crippen molar-refractivity contribution in [2.75, 3.05) is 18.4 Å². The van der Waals surface area contributed by atoms with Gasteiger partial charge < -0.3 is 15.2 Å². The average molecular weight is 546 g/mol. The number of carbonyl (C=O) groups excluding carboxylic acids is 1. The second kappa shape index (κ2) is 9.83. The first-order chi connectivity index (χ1) is 17.6. The summed E-state index contributed by atoms with van der Waals surface area (Å²) >= 11 is 0. The van der Waals surface area contributed by atoms with Crippen molar-refractivity contribution in [2.45, 2.75) is 45.1 Å². The van der Waals surface area contributed by atoms with Gasteiger partial charge in [-0.15, -0.1) is 0 Å². The number of halogens is 7. The Bertz CT molecular complexity index is 1430. The number of hydrogen-bond acceptors (Lipinski definition) is 6. The number of nitrogens with one attached hydrogen (secondary N) is 2. The number of pyridine rings is 2. The van der Waals surface area contributed by atoms with Crippen LogP contribution < -0.4 is 10.9 Å². The van der Waals surface area contributed by atoms with Crippen LogP contribution in [0, 0.1) is 18.7 Å². The van der Waals surface area contributed by atoms with Crippen LogP contribution in [0.2, 0.25) is 0 Å². The lowest BCUT2D eigenvalue weighted by Crippen LogP contribution is -2.42. The first kappa shape index (κ1) is 27.3. The first-order valence-electron chi connectivity index (χ1n) is 11.4. The highest BCUT2D eigenvalue weighted by atomic mass is 19.4. The molecule has 0 spiro atoms. The van der Waals surface area contributed by atoms with Gasteiger partial charge in [0.05, 0.1) is 34.3 Å². The van der Waals surface area contributed by atoms with Crippen molar-refractivity contribution in [3.63, 3.8) is 0 Å². The van der Waals surface area contributed by atoms with Crippen LogP contribution >= 0.6 is 0 Å². The molecule has 0 aliphatic carbocycles. The molecule has 2 N–H and O–H groups in total. The number of alkyl halides is 6. The van der Waals surface area contributed by atoms with Crippen molar-refractivity contribution in [2.24, 2.45) is 5.92 Å². The van der Waals surface area contributed by atoms with E-state index in [1.54, 1.807) is 0 Å². The molecule has 0 aromatic carbocycles. The fourth-order valence-corrected chi connectivity index (χ4v) is 4.29. The minimum Gasteiger partial charge on any atom is -0.360 e. The summed E-state index contributed by atoms with van der Waals surface area (Å²) in [7, 11) is 0. The third-order valence-corrected chi connectivity index (χ3v) is 6.23. The van der Waals surface area contributed by atoms with Crippen molar-refractivity contribution in [1.82, 2.24) is 24.8 Å². The smallest absolute Gasteiger partial charge is 0.360 e. The van der Waals surface area contributed by atoms with E-state index in [2.05, 4.69) is 25.3 Å². The predicted octanol–water partition coefficient (Wildman–Crippen LogP) is 4.77. The van der Waals surface area contributed by atoms with Crippen LogP contribution in [0.4, 0.5) is 36.6 Å². The molecule has 1 fully saturated rings. The minimum atomic E-state index is -4.87. The van der Waals surface area contributed by atoms with Crippen molar-refractivity contribution in [1.29, 1.82) is 0 Å². The Morgan fingerprint density at radius 3 is 2.37 bits per heavy atom. The van der Waals surface area contributed by atoms with Crippen LogP contribution in [-0.4, -0.2) is 50.0 Å². The van der Waals surface area contributed by atoms with Crippen LogP contribution in [0.25, 0.3) is 11.0 Å². The van der Waals surface area contributed by atoms with Crippen molar-refractivity contribution >= 4 is 22.8 Å². The molecule has 0 bridgehead atoms. The number of aryl methyl sites for hydroxylation is 1. The summed E-state index contributed by atoms with van der Waals surface area (Å²) in [5.74, 6) is -3.69. The van der Waals surface area contributed by atoms with Crippen molar-refractivity contribution < 1.29 is 35.5 Å². The molecule has 38 heavy (non-hydrogen) atoms. The minimum absolute atomic E-state index is 0.0991. The lowest BCUT2D eigenvalue weighted by molar-refractivity contribution is -0.183. The van der Waals surface area contributed by atoms with Gasteiger partial charge in [-0.2, -0.15) is 26.3 Å². The van der Waals surface area contributed by atoms with Gasteiger partial charge in [-0.1, -0.05) is 0 Å². The standard InChI is InChI=1S/C23H21F7N6O2/c1-10(17-14(23(28,29)30)8-16-18(35-17)20(37)34-11(2)33-16)32-19-15(24)7-12(9-31-19)21(38)36-5-3-13(4-6-36)22(25,26)27/h7-10,13H,3-6H2,1-2H3,(H,31,32)(H,33,34,37)/t10-/m0/s1. The van der Waals surface area contributed by atoms with Gasteiger partial charge in [-0.25, -0.2) is 19.3 Å². The van der Waals surface area contributed by atoms with Gasteiger partial charge in [0, 0.05) is 19.3 Å². The molecule has 15 heteroatoms. The number of H-pyrrole nitrogens is 1. The maximum Gasteiger partial charge on any atom is 0.418 e. The van der Waals surface area contributed by atoms with Gasteiger partial charge in [0.25, 0.3) is 11.5 Å². The van der Waals surface area contributed by atoms with E-state index in [1.807, 2.05) is 0 Å². The summed E-state index contributed by atoms with van der Waals surface area (Å²) in [6, 6.07) is 0.198. The largest absolute Gasteiger partial charge is 0.418 e. The van der Waals surface area contributed by atoms with Gasteiger partial charge in [0.15, 0.2) is 17.2 Å². The number of amides is 1. The fraction of sp³-hybridized carbons (Fsp3) is 0.435. The van der Waals surface area contributed by atoms with Gasteiger partial charge in [0.1, 0.15) is 5.82 Å². The summed E-state index contributed by atoms with van der Waals surface area (Å²) in [5.41, 5.74) is -3.36. The number of hydrogen-bond donors (Lipinski definition) is 2. The van der Waals surface area contributed by atoms with E-state index in [4.69, 9.17) is 0 Å².